The van der Waals surface area contributed by atoms with Crippen molar-refractivity contribution in [1.29, 1.82) is 0 Å². The molecule has 1 unspecified atom stereocenters. The lowest BCUT2D eigenvalue weighted by Gasteiger charge is -2.26. The Hall–Kier alpha value is -1.58. The number of amides is 1. The molecule has 17 heavy (non-hydrogen) atoms. The Morgan fingerprint density at radius 1 is 1.65 bits per heavy atom. The Bertz CT molecular complexity index is 394. The highest BCUT2D eigenvalue weighted by Gasteiger charge is 2.27. The maximum atomic E-state index is 11.0. The minimum atomic E-state index is 0.199. The maximum Gasteiger partial charge on any atom is 0.210 e. The first-order chi connectivity index (χ1) is 8.27. The smallest absolute Gasteiger partial charge is 0.210 e. The zero-order valence-corrected chi connectivity index (χ0v) is 10.5. The molecule has 1 saturated heterocycles. The quantitative estimate of drug-likeness (QED) is 0.744. The van der Waals surface area contributed by atoms with Crippen LogP contribution in [0.4, 0.5) is 5.82 Å². The van der Waals surface area contributed by atoms with Crippen LogP contribution in [-0.2, 0) is 4.79 Å². The van der Waals surface area contributed by atoms with E-state index in [4.69, 9.17) is 0 Å². The molecule has 1 aliphatic heterocycles. The van der Waals surface area contributed by atoms with Gasteiger partial charge in [0.25, 0.3) is 0 Å². The molecule has 0 radical (unpaired) electrons. The second-order valence-electron chi connectivity index (χ2n) is 4.43. The molecule has 1 atom stereocenters. The molecule has 92 valence electrons. The van der Waals surface area contributed by atoms with Gasteiger partial charge in [0.15, 0.2) is 0 Å². The first-order valence-corrected chi connectivity index (χ1v) is 6.15. The lowest BCUT2D eigenvalue weighted by molar-refractivity contribution is -0.118. The van der Waals surface area contributed by atoms with Gasteiger partial charge in [-0.15, -0.1) is 0 Å². The predicted molar refractivity (Wildman–Crippen MR) is 67.9 cm³/mol. The van der Waals surface area contributed by atoms with Crippen LogP contribution in [-0.4, -0.2) is 36.4 Å². The molecule has 1 aromatic heterocycles. The van der Waals surface area contributed by atoms with Crippen LogP contribution in [0, 0.1) is 0 Å². The molecule has 1 aromatic rings. The van der Waals surface area contributed by atoms with Crippen molar-refractivity contribution < 1.29 is 4.79 Å². The Morgan fingerprint density at radius 2 is 2.47 bits per heavy atom. The number of carbonyl (C=O) groups excluding carboxylic acids is 1. The van der Waals surface area contributed by atoms with E-state index in [0.717, 1.165) is 38.2 Å². The molecule has 0 bridgehead atoms. The average molecular weight is 233 g/mol. The zero-order valence-electron chi connectivity index (χ0n) is 10.5. The van der Waals surface area contributed by atoms with E-state index in [-0.39, 0.29) is 6.04 Å². The number of nitrogens with zero attached hydrogens (tertiary/aromatic N) is 3. The fraction of sp³-hybridized carbons (Fsp3) is 0.538. The molecule has 1 amide bonds. The summed E-state index contributed by atoms with van der Waals surface area (Å²) >= 11 is 0. The molecule has 0 spiro atoms. The Kier molecular flexibility index (Phi) is 3.61. The number of hydrogen-bond acceptors (Lipinski definition) is 3. The van der Waals surface area contributed by atoms with E-state index < -0.39 is 0 Å². The first kappa shape index (κ1) is 11.9. The van der Waals surface area contributed by atoms with Gasteiger partial charge in [-0.05, 0) is 25.8 Å². The minimum Gasteiger partial charge on any atom is -0.360 e. The number of rotatable bonds is 4. The van der Waals surface area contributed by atoms with Crippen molar-refractivity contribution in [2.75, 3.05) is 25.0 Å². The van der Waals surface area contributed by atoms with E-state index in [1.165, 1.54) is 5.56 Å². The van der Waals surface area contributed by atoms with Crippen LogP contribution in [0.3, 0.4) is 0 Å². The largest absolute Gasteiger partial charge is 0.360 e. The van der Waals surface area contributed by atoms with Crippen LogP contribution in [0.1, 0.15) is 31.4 Å². The highest BCUT2D eigenvalue weighted by molar-refractivity contribution is 5.54. The Balaban J connectivity index is 2.34. The lowest BCUT2D eigenvalue weighted by atomic mass is 10.1. The van der Waals surface area contributed by atoms with Gasteiger partial charge in [-0.25, -0.2) is 4.98 Å². The summed E-state index contributed by atoms with van der Waals surface area (Å²) in [6, 6.07) is 4.23. The van der Waals surface area contributed by atoms with E-state index in [9.17, 15) is 4.79 Å². The van der Waals surface area contributed by atoms with Crippen LogP contribution >= 0.6 is 0 Å². The second-order valence-corrected chi connectivity index (χ2v) is 4.43. The normalized spacial score (nSPS) is 19.4. The van der Waals surface area contributed by atoms with Gasteiger partial charge in [0.05, 0.1) is 6.04 Å². The van der Waals surface area contributed by atoms with E-state index in [1.54, 1.807) is 0 Å². The highest BCUT2D eigenvalue weighted by Crippen LogP contribution is 2.34. The van der Waals surface area contributed by atoms with Crippen molar-refractivity contribution in [3.8, 4) is 0 Å². The molecule has 2 rings (SSSR count). The molecule has 0 aromatic carbocycles. The molecular formula is C13H19N3O. The third kappa shape index (κ3) is 2.25. The monoisotopic (exact) mass is 233 g/mol. The number of hydrogen-bond donors (Lipinski definition) is 0. The third-order valence-corrected chi connectivity index (χ3v) is 3.44. The molecule has 0 N–H and O–H groups in total. The van der Waals surface area contributed by atoms with Crippen LogP contribution < -0.4 is 4.90 Å². The number of anilines is 1. The molecule has 1 aliphatic rings. The van der Waals surface area contributed by atoms with Gasteiger partial charge < -0.3 is 9.80 Å². The number of pyridine rings is 1. The van der Waals surface area contributed by atoms with Gasteiger partial charge in [-0.1, -0.05) is 6.07 Å². The fourth-order valence-electron chi connectivity index (χ4n) is 2.39. The molecule has 1 fully saturated rings. The second kappa shape index (κ2) is 5.17. The van der Waals surface area contributed by atoms with Gasteiger partial charge in [-0.2, -0.15) is 0 Å². The van der Waals surface area contributed by atoms with E-state index in [0.29, 0.717) is 0 Å². The van der Waals surface area contributed by atoms with Gasteiger partial charge >= 0.3 is 0 Å². The van der Waals surface area contributed by atoms with Crippen molar-refractivity contribution >= 4 is 12.2 Å². The topological polar surface area (TPSA) is 36.4 Å². The molecule has 4 heteroatoms. The first-order valence-electron chi connectivity index (χ1n) is 6.15. The summed E-state index contributed by atoms with van der Waals surface area (Å²) in [5.41, 5.74) is 1.17. The third-order valence-electron chi connectivity index (χ3n) is 3.44. The van der Waals surface area contributed by atoms with Crippen molar-refractivity contribution in [2.24, 2.45) is 0 Å². The average Bonchev–Trinajstić information content (AvgIpc) is 2.86. The fourth-order valence-corrected chi connectivity index (χ4v) is 2.39. The molecule has 0 saturated carbocycles. The number of carbonyl (C=O) groups is 1. The zero-order chi connectivity index (χ0) is 12.3. The molecule has 0 aliphatic carbocycles. The van der Waals surface area contributed by atoms with Crippen LogP contribution in [0.2, 0.25) is 0 Å². The molecular weight excluding hydrogens is 214 g/mol. The van der Waals surface area contributed by atoms with Gasteiger partial charge in [0.1, 0.15) is 5.82 Å². The Morgan fingerprint density at radius 3 is 3.18 bits per heavy atom. The predicted octanol–water partition coefficient (Wildman–Crippen LogP) is 1.83. The summed E-state index contributed by atoms with van der Waals surface area (Å²) in [6.07, 6.45) is 4.88. The van der Waals surface area contributed by atoms with Gasteiger partial charge in [0.2, 0.25) is 6.41 Å². The van der Waals surface area contributed by atoms with Gasteiger partial charge in [0, 0.05) is 31.9 Å². The van der Waals surface area contributed by atoms with Crippen molar-refractivity contribution in [2.45, 2.75) is 25.8 Å². The van der Waals surface area contributed by atoms with Crippen LogP contribution in [0.25, 0.3) is 0 Å². The SMILES string of the molecule is CCN(C)c1ncccc1C1CCCN1C=O. The summed E-state index contributed by atoms with van der Waals surface area (Å²) < 4.78 is 0. The minimum absolute atomic E-state index is 0.199. The summed E-state index contributed by atoms with van der Waals surface area (Å²) in [6.45, 7) is 3.88. The van der Waals surface area contributed by atoms with Crippen molar-refractivity contribution in [1.82, 2.24) is 9.88 Å². The van der Waals surface area contributed by atoms with E-state index >= 15 is 0 Å². The maximum absolute atomic E-state index is 11.0. The lowest BCUT2D eigenvalue weighted by Crippen LogP contribution is -2.25. The summed E-state index contributed by atoms with van der Waals surface area (Å²) in [5, 5.41) is 0. The van der Waals surface area contributed by atoms with Crippen molar-refractivity contribution in [3.05, 3.63) is 23.9 Å². The van der Waals surface area contributed by atoms with E-state index in [1.807, 2.05) is 24.2 Å². The molecule has 2 heterocycles. The summed E-state index contributed by atoms with van der Waals surface area (Å²) in [4.78, 5) is 19.5. The van der Waals surface area contributed by atoms with Crippen LogP contribution in [0.5, 0.6) is 0 Å². The Labute approximate surface area is 102 Å². The molecule has 4 nitrogen and oxygen atoms in total. The summed E-state index contributed by atoms with van der Waals surface area (Å²) in [7, 11) is 2.03. The number of likely N-dealkylation sites (tertiary alicyclic amines) is 1. The van der Waals surface area contributed by atoms with Crippen molar-refractivity contribution in [3.63, 3.8) is 0 Å². The standard InChI is InChI=1S/C13H19N3O/c1-3-15(2)13-11(6-4-8-14-13)12-7-5-9-16(12)10-17/h4,6,8,10,12H,3,5,7,9H2,1-2H3. The van der Waals surface area contributed by atoms with Gasteiger partial charge in [-0.3, -0.25) is 4.79 Å². The van der Waals surface area contributed by atoms with E-state index in [2.05, 4.69) is 22.9 Å². The van der Waals surface area contributed by atoms with Crippen LogP contribution in [0.15, 0.2) is 18.3 Å². The highest BCUT2D eigenvalue weighted by atomic mass is 16.1. The summed E-state index contributed by atoms with van der Waals surface area (Å²) in [5.74, 6) is 0.994. The number of aromatic nitrogens is 1.